The van der Waals surface area contributed by atoms with Crippen molar-refractivity contribution in [3.8, 4) is 0 Å². The quantitative estimate of drug-likeness (QED) is 0.309. The summed E-state index contributed by atoms with van der Waals surface area (Å²) in [4.78, 5) is 24.8. The number of carbonyl (C=O) groups excluding carboxylic acids is 2. The second-order valence-corrected chi connectivity index (χ2v) is 12.2. The van der Waals surface area contributed by atoms with E-state index in [0.717, 1.165) is 44.9 Å². The highest BCUT2D eigenvalue weighted by atomic mass is 19.4. The van der Waals surface area contributed by atoms with Crippen LogP contribution in [0, 0.1) is 34.5 Å². The van der Waals surface area contributed by atoms with Gasteiger partial charge < -0.3 is 9.47 Å². The topological polar surface area (TPSA) is 52.6 Å². The lowest BCUT2D eigenvalue weighted by Gasteiger charge is -2.57. The van der Waals surface area contributed by atoms with Crippen LogP contribution < -0.4 is 0 Å². The molecule has 0 radical (unpaired) electrons. The molecule has 4 nitrogen and oxygen atoms in total. The SMILES string of the molecule is CC(=O)O[C@H]1CC[C@@]2(C)C(=CC[C@H]3[C@@H]4CC[C@H](C(=O)O[C@@H](c5ccccc5)C(F)(F)F)[C@@]4(C)CC[C@@H]32)C1. The van der Waals surface area contributed by atoms with Crippen LogP contribution in [0.2, 0.25) is 0 Å². The minimum Gasteiger partial charge on any atom is -0.462 e. The second-order valence-electron chi connectivity index (χ2n) is 12.2. The molecular weight excluding hydrogens is 481 g/mol. The fourth-order valence-electron chi connectivity index (χ4n) is 8.50. The number of carbonyl (C=O) groups is 2. The number of fused-ring (bicyclic) bond motifs is 5. The van der Waals surface area contributed by atoms with Gasteiger partial charge in [-0.2, -0.15) is 13.2 Å². The summed E-state index contributed by atoms with van der Waals surface area (Å²) < 4.78 is 52.5. The lowest BCUT2D eigenvalue weighted by molar-refractivity contribution is -0.228. The first kappa shape index (κ1) is 26.3. The molecule has 0 amide bonds. The number of halogens is 3. The van der Waals surface area contributed by atoms with Crippen LogP contribution in [-0.2, 0) is 19.1 Å². The van der Waals surface area contributed by atoms with Gasteiger partial charge in [-0.1, -0.05) is 55.8 Å². The van der Waals surface area contributed by atoms with Crippen LogP contribution in [-0.4, -0.2) is 24.2 Å². The number of benzene rings is 1. The fraction of sp³-hybridized carbons (Fsp3) is 0.667. The van der Waals surface area contributed by atoms with Gasteiger partial charge in [0.05, 0.1) is 5.92 Å². The third-order valence-electron chi connectivity index (χ3n) is 10.3. The molecule has 37 heavy (non-hydrogen) atoms. The molecule has 0 N–H and O–H groups in total. The van der Waals surface area contributed by atoms with Gasteiger partial charge in [-0.15, -0.1) is 0 Å². The number of hydrogen-bond acceptors (Lipinski definition) is 4. The van der Waals surface area contributed by atoms with Crippen LogP contribution >= 0.6 is 0 Å². The molecule has 5 rings (SSSR count). The van der Waals surface area contributed by atoms with Crippen molar-refractivity contribution >= 4 is 11.9 Å². The Morgan fingerprint density at radius 1 is 1.00 bits per heavy atom. The molecule has 0 bridgehead atoms. The number of ether oxygens (including phenoxy) is 2. The zero-order valence-corrected chi connectivity index (χ0v) is 21.9. The predicted octanol–water partition coefficient (Wildman–Crippen LogP) is 7.34. The van der Waals surface area contributed by atoms with E-state index in [2.05, 4.69) is 19.9 Å². The standard InChI is InChI=1S/C30H37F3O4/c1-18(34)36-21-13-15-28(2)20(17-21)9-10-22-23-11-12-25(29(23,3)16-14-24(22)28)27(35)37-26(30(31,32)33)19-7-5-4-6-8-19/h4-9,21-26H,10-17H2,1-3H3/t21-,22-,23-,24-,25+,26-,28-,29-/m0/s1. The van der Waals surface area contributed by atoms with Gasteiger partial charge in [0.15, 0.2) is 0 Å². The van der Waals surface area contributed by atoms with E-state index in [1.807, 2.05) is 0 Å². The van der Waals surface area contributed by atoms with Gasteiger partial charge in [-0.05, 0) is 73.5 Å². The molecule has 3 fully saturated rings. The van der Waals surface area contributed by atoms with E-state index in [1.165, 1.54) is 36.8 Å². The van der Waals surface area contributed by atoms with Crippen LogP contribution in [0.4, 0.5) is 13.2 Å². The molecule has 0 aliphatic heterocycles. The average Bonchev–Trinajstić information content (AvgIpc) is 3.19. The maximum Gasteiger partial charge on any atom is 0.429 e. The maximum atomic E-state index is 13.9. The average molecular weight is 519 g/mol. The van der Waals surface area contributed by atoms with E-state index >= 15 is 0 Å². The van der Waals surface area contributed by atoms with Crippen LogP contribution in [0.15, 0.2) is 42.0 Å². The number of hydrogen-bond donors (Lipinski definition) is 0. The number of alkyl halides is 3. The predicted molar refractivity (Wildman–Crippen MR) is 132 cm³/mol. The lowest BCUT2D eigenvalue weighted by atomic mass is 9.47. The monoisotopic (exact) mass is 518 g/mol. The summed E-state index contributed by atoms with van der Waals surface area (Å²) in [6.07, 6.45) is 2.08. The number of allylic oxidation sites excluding steroid dienone is 1. The summed E-state index contributed by atoms with van der Waals surface area (Å²) in [7, 11) is 0. The highest BCUT2D eigenvalue weighted by molar-refractivity contribution is 5.74. The van der Waals surface area contributed by atoms with Gasteiger partial charge in [0.1, 0.15) is 6.10 Å². The first-order chi connectivity index (χ1) is 17.4. The summed E-state index contributed by atoms with van der Waals surface area (Å²) in [5.74, 6) is -0.306. The molecule has 1 aromatic rings. The van der Waals surface area contributed by atoms with Crippen molar-refractivity contribution in [1.82, 2.24) is 0 Å². The first-order valence-electron chi connectivity index (χ1n) is 13.6. The minimum atomic E-state index is -4.67. The Labute approximate surface area is 217 Å². The summed E-state index contributed by atoms with van der Waals surface area (Å²) in [5, 5.41) is 0. The van der Waals surface area contributed by atoms with Crippen LogP contribution in [0.25, 0.3) is 0 Å². The van der Waals surface area contributed by atoms with Crippen LogP contribution in [0.5, 0.6) is 0 Å². The minimum absolute atomic E-state index is 0.0472. The molecule has 0 aromatic heterocycles. The summed E-state index contributed by atoms with van der Waals surface area (Å²) >= 11 is 0. The van der Waals surface area contributed by atoms with Crippen molar-refractivity contribution in [1.29, 1.82) is 0 Å². The highest BCUT2D eigenvalue weighted by Gasteiger charge is 2.61. The Kier molecular flexibility index (Phi) is 6.73. The van der Waals surface area contributed by atoms with Crippen LogP contribution in [0.1, 0.15) is 83.8 Å². The van der Waals surface area contributed by atoms with Crippen LogP contribution in [0.3, 0.4) is 0 Å². The van der Waals surface area contributed by atoms with Gasteiger partial charge in [-0.25, -0.2) is 0 Å². The zero-order chi connectivity index (χ0) is 26.6. The van der Waals surface area contributed by atoms with Gasteiger partial charge in [-0.3, -0.25) is 9.59 Å². The molecule has 0 unspecified atom stereocenters. The molecule has 4 aliphatic carbocycles. The first-order valence-corrected chi connectivity index (χ1v) is 13.6. The molecule has 0 spiro atoms. The Balaban J connectivity index is 1.34. The third kappa shape index (κ3) is 4.61. The molecule has 4 aliphatic rings. The summed E-state index contributed by atoms with van der Waals surface area (Å²) in [6, 6.07) is 7.42. The van der Waals surface area contributed by atoms with E-state index in [1.54, 1.807) is 6.07 Å². The molecular formula is C30H37F3O4. The number of rotatable bonds is 4. The van der Waals surface area contributed by atoms with Crippen molar-refractivity contribution in [3.63, 3.8) is 0 Å². The summed E-state index contributed by atoms with van der Waals surface area (Å²) in [5.41, 5.74) is 1.03. The van der Waals surface area contributed by atoms with E-state index in [9.17, 15) is 22.8 Å². The maximum absolute atomic E-state index is 13.9. The van der Waals surface area contributed by atoms with Crippen molar-refractivity contribution in [2.75, 3.05) is 0 Å². The molecule has 3 saturated carbocycles. The number of esters is 2. The fourth-order valence-corrected chi connectivity index (χ4v) is 8.50. The van der Waals surface area contributed by atoms with Crippen molar-refractivity contribution in [3.05, 3.63) is 47.5 Å². The highest BCUT2D eigenvalue weighted by Crippen LogP contribution is 2.66. The molecule has 0 saturated heterocycles. The Bertz CT molecular complexity index is 1070. The van der Waals surface area contributed by atoms with Gasteiger partial charge in [0.25, 0.3) is 0 Å². The van der Waals surface area contributed by atoms with Gasteiger partial charge in [0, 0.05) is 18.9 Å². The molecule has 8 atom stereocenters. The molecule has 0 heterocycles. The molecule has 1 aromatic carbocycles. The lowest BCUT2D eigenvalue weighted by Crippen LogP contribution is -2.51. The third-order valence-corrected chi connectivity index (χ3v) is 10.3. The Morgan fingerprint density at radius 3 is 2.41 bits per heavy atom. The zero-order valence-electron chi connectivity index (χ0n) is 21.9. The summed E-state index contributed by atoms with van der Waals surface area (Å²) in [6.45, 7) is 5.91. The molecule has 202 valence electrons. The van der Waals surface area contributed by atoms with E-state index < -0.39 is 24.2 Å². The van der Waals surface area contributed by atoms with Gasteiger partial charge >= 0.3 is 18.1 Å². The van der Waals surface area contributed by atoms with E-state index in [4.69, 9.17) is 9.47 Å². The Hall–Kier alpha value is -2.31. The Morgan fingerprint density at radius 2 is 1.73 bits per heavy atom. The van der Waals surface area contributed by atoms with Crippen molar-refractivity contribution < 1.29 is 32.2 Å². The smallest absolute Gasteiger partial charge is 0.429 e. The van der Waals surface area contributed by atoms with Crippen molar-refractivity contribution in [2.45, 2.75) is 90.5 Å². The van der Waals surface area contributed by atoms with Crippen molar-refractivity contribution in [2.24, 2.45) is 34.5 Å². The second kappa shape index (κ2) is 9.46. The van der Waals surface area contributed by atoms with E-state index in [0.29, 0.717) is 18.3 Å². The normalized spacial score (nSPS) is 37.9. The van der Waals surface area contributed by atoms with E-state index in [-0.39, 0.29) is 34.4 Å². The largest absolute Gasteiger partial charge is 0.462 e. The molecule has 7 heteroatoms. The van der Waals surface area contributed by atoms with Gasteiger partial charge in [0.2, 0.25) is 6.10 Å².